The highest BCUT2D eigenvalue weighted by Crippen LogP contribution is 2.27. The first-order chi connectivity index (χ1) is 8.84. The molecule has 0 saturated carbocycles. The SMILES string of the molecule is O=C([C@H]1CCCO1)N1CCC(c2ccn[nH]2)CC1. The Morgan fingerprint density at radius 1 is 1.39 bits per heavy atom. The monoisotopic (exact) mass is 249 g/mol. The van der Waals surface area contributed by atoms with Crippen LogP contribution >= 0.6 is 0 Å². The van der Waals surface area contributed by atoms with Crippen LogP contribution in [0, 0.1) is 0 Å². The van der Waals surface area contributed by atoms with Crippen LogP contribution in [0.4, 0.5) is 0 Å². The molecule has 0 unspecified atom stereocenters. The van der Waals surface area contributed by atoms with Gasteiger partial charge in [0.05, 0.1) is 0 Å². The summed E-state index contributed by atoms with van der Waals surface area (Å²) in [4.78, 5) is 14.1. The van der Waals surface area contributed by atoms with Crippen molar-refractivity contribution in [3.8, 4) is 0 Å². The number of carbonyl (C=O) groups is 1. The molecule has 1 aromatic heterocycles. The Labute approximate surface area is 107 Å². The third kappa shape index (κ3) is 2.27. The zero-order valence-corrected chi connectivity index (χ0v) is 10.5. The van der Waals surface area contributed by atoms with Gasteiger partial charge in [-0.25, -0.2) is 0 Å². The summed E-state index contributed by atoms with van der Waals surface area (Å²) in [6.45, 7) is 2.41. The number of carbonyl (C=O) groups excluding carboxylic acids is 1. The van der Waals surface area contributed by atoms with Crippen LogP contribution in [0.15, 0.2) is 12.3 Å². The van der Waals surface area contributed by atoms with E-state index in [1.54, 1.807) is 6.20 Å². The summed E-state index contributed by atoms with van der Waals surface area (Å²) >= 11 is 0. The average molecular weight is 249 g/mol. The third-order valence-corrected chi connectivity index (χ3v) is 3.97. The summed E-state index contributed by atoms with van der Waals surface area (Å²) in [5, 5.41) is 7.02. The van der Waals surface area contributed by atoms with E-state index >= 15 is 0 Å². The van der Waals surface area contributed by atoms with Gasteiger partial charge in [-0.3, -0.25) is 9.89 Å². The van der Waals surface area contributed by atoms with E-state index < -0.39 is 0 Å². The maximum Gasteiger partial charge on any atom is 0.251 e. The van der Waals surface area contributed by atoms with Crippen LogP contribution in [0.2, 0.25) is 0 Å². The Kier molecular flexibility index (Phi) is 3.32. The molecule has 1 aromatic rings. The van der Waals surface area contributed by atoms with Gasteiger partial charge in [-0.1, -0.05) is 0 Å². The van der Waals surface area contributed by atoms with E-state index in [1.807, 2.05) is 11.0 Å². The predicted molar refractivity (Wildman–Crippen MR) is 66.1 cm³/mol. The van der Waals surface area contributed by atoms with Crippen molar-refractivity contribution in [3.05, 3.63) is 18.0 Å². The van der Waals surface area contributed by atoms with Gasteiger partial charge in [0.1, 0.15) is 6.10 Å². The molecule has 0 aliphatic carbocycles. The minimum atomic E-state index is -0.172. The summed E-state index contributed by atoms with van der Waals surface area (Å²) < 4.78 is 5.46. The number of aromatic nitrogens is 2. The van der Waals surface area contributed by atoms with Gasteiger partial charge in [-0.15, -0.1) is 0 Å². The van der Waals surface area contributed by atoms with Crippen LogP contribution in [0.3, 0.4) is 0 Å². The van der Waals surface area contributed by atoms with E-state index in [2.05, 4.69) is 10.2 Å². The molecule has 3 heterocycles. The van der Waals surface area contributed by atoms with Gasteiger partial charge in [-0.2, -0.15) is 5.10 Å². The molecule has 5 heteroatoms. The molecule has 0 radical (unpaired) electrons. The van der Waals surface area contributed by atoms with Gasteiger partial charge in [-0.05, 0) is 31.7 Å². The molecule has 0 aromatic carbocycles. The maximum absolute atomic E-state index is 12.2. The van der Waals surface area contributed by atoms with Gasteiger partial charge in [0, 0.05) is 37.5 Å². The first-order valence-corrected chi connectivity index (χ1v) is 6.74. The standard InChI is InChI=1S/C13H19N3O2/c17-13(12-2-1-9-18-12)16-7-4-10(5-8-16)11-3-6-14-15-11/h3,6,10,12H,1-2,4-5,7-9H2,(H,14,15)/t12-/m1/s1. The fourth-order valence-corrected chi connectivity index (χ4v) is 2.88. The molecule has 18 heavy (non-hydrogen) atoms. The molecule has 2 aliphatic heterocycles. The van der Waals surface area contributed by atoms with Gasteiger partial charge in [0.25, 0.3) is 5.91 Å². The highest BCUT2D eigenvalue weighted by Gasteiger charge is 2.31. The van der Waals surface area contributed by atoms with E-state index in [0.717, 1.165) is 45.4 Å². The summed E-state index contributed by atoms with van der Waals surface area (Å²) in [5.41, 5.74) is 1.19. The van der Waals surface area contributed by atoms with Crippen molar-refractivity contribution in [2.75, 3.05) is 19.7 Å². The van der Waals surface area contributed by atoms with Crippen molar-refractivity contribution in [1.82, 2.24) is 15.1 Å². The van der Waals surface area contributed by atoms with Gasteiger partial charge < -0.3 is 9.64 Å². The summed E-state index contributed by atoms with van der Waals surface area (Å²) in [6, 6.07) is 2.03. The van der Waals surface area contributed by atoms with Gasteiger partial charge in [0.2, 0.25) is 0 Å². The Morgan fingerprint density at radius 3 is 2.83 bits per heavy atom. The van der Waals surface area contributed by atoms with E-state index in [9.17, 15) is 4.79 Å². The van der Waals surface area contributed by atoms with Crippen molar-refractivity contribution in [2.24, 2.45) is 0 Å². The molecule has 5 nitrogen and oxygen atoms in total. The van der Waals surface area contributed by atoms with Crippen molar-refractivity contribution < 1.29 is 9.53 Å². The molecule has 1 amide bonds. The van der Waals surface area contributed by atoms with E-state index in [4.69, 9.17) is 4.74 Å². The molecule has 1 atom stereocenters. The second kappa shape index (κ2) is 5.10. The summed E-state index contributed by atoms with van der Waals surface area (Å²) in [7, 11) is 0. The molecular weight excluding hydrogens is 230 g/mol. The highest BCUT2D eigenvalue weighted by molar-refractivity contribution is 5.81. The molecule has 2 fully saturated rings. The smallest absolute Gasteiger partial charge is 0.251 e. The lowest BCUT2D eigenvalue weighted by Gasteiger charge is -2.32. The van der Waals surface area contributed by atoms with Gasteiger partial charge >= 0.3 is 0 Å². The number of H-pyrrole nitrogens is 1. The molecule has 1 N–H and O–H groups in total. The van der Waals surface area contributed by atoms with Gasteiger partial charge in [0.15, 0.2) is 0 Å². The van der Waals surface area contributed by atoms with Crippen molar-refractivity contribution in [3.63, 3.8) is 0 Å². The lowest BCUT2D eigenvalue weighted by Crippen LogP contribution is -2.43. The summed E-state index contributed by atoms with van der Waals surface area (Å²) in [6.07, 6.45) is 5.55. The second-order valence-corrected chi connectivity index (χ2v) is 5.11. The number of rotatable bonds is 2. The number of likely N-dealkylation sites (tertiary alicyclic amines) is 1. The predicted octanol–water partition coefficient (Wildman–Crippen LogP) is 1.29. The minimum absolute atomic E-state index is 0.172. The number of amides is 1. The zero-order valence-electron chi connectivity index (χ0n) is 10.5. The maximum atomic E-state index is 12.2. The molecule has 2 aliphatic rings. The number of hydrogen-bond acceptors (Lipinski definition) is 3. The Balaban J connectivity index is 1.55. The lowest BCUT2D eigenvalue weighted by atomic mass is 9.93. The largest absolute Gasteiger partial charge is 0.368 e. The van der Waals surface area contributed by atoms with Crippen LogP contribution in [0.1, 0.15) is 37.3 Å². The molecule has 3 rings (SSSR count). The van der Waals surface area contributed by atoms with Crippen LogP contribution < -0.4 is 0 Å². The Morgan fingerprint density at radius 2 is 2.22 bits per heavy atom. The molecule has 0 spiro atoms. The number of aromatic amines is 1. The van der Waals surface area contributed by atoms with Crippen LogP contribution in [0.5, 0.6) is 0 Å². The fourth-order valence-electron chi connectivity index (χ4n) is 2.88. The summed E-state index contributed by atoms with van der Waals surface area (Å²) in [5.74, 6) is 0.705. The number of piperidine rings is 1. The fraction of sp³-hybridized carbons (Fsp3) is 0.692. The number of hydrogen-bond donors (Lipinski definition) is 1. The second-order valence-electron chi connectivity index (χ2n) is 5.11. The van der Waals surface area contributed by atoms with Crippen LogP contribution in [-0.4, -0.2) is 46.8 Å². The zero-order chi connectivity index (χ0) is 12.4. The molecular formula is C13H19N3O2. The number of nitrogens with zero attached hydrogens (tertiary/aromatic N) is 2. The quantitative estimate of drug-likeness (QED) is 0.859. The third-order valence-electron chi connectivity index (χ3n) is 3.97. The Hall–Kier alpha value is -1.36. The Bertz CT molecular complexity index is 390. The van der Waals surface area contributed by atoms with Crippen molar-refractivity contribution >= 4 is 5.91 Å². The van der Waals surface area contributed by atoms with E-state index in [1.165, 1.54) is 5.69 Å². The van der Waals surface area contributed by atoms with Crippen LogP contribution in [0.25, 0.3) is 0 Å². The van der Waals surface area contributed by atoms with E-state index in [-0.39, 0.29) is 12.0 Å². The first-order valence-electron chi connectivity index (χ1n) is 6.74. The minimum Gasteiger partial charge on any atom is -0.368 e. The van der Waals surface area contributed by atoms with Crippen LogP contribution in [-0.2, 0) is 9.53 Å². The topological polar surface area (TPSA) is 58.2 Å². The normalized spacial score (nSPS) is 25.6. The average Bonchev–Trinajstić information content (AvgIpc) is 3.11. The molecule has 0 bridgehead atoms. The van der Waals surface area contributed by atoms with Crippen molar-refractivity contribution in [2.45, 2.75) is 37.7 Å². The molecule has 2 saturated heterocycles. The highest BCUT2D eigenvalue weighted by atomic mass is 16.5. The number of ether oxygens (including phenoxy) is 1. The van der Waals surface area contributed by atoms with Crippen molar-refractivity contribution in [1.29, 1.82) is 0 Å². The lowest BCUT2D eigenvalue weighted by molar-refractivity contribution is -0.142. The van der Waals surface area contributed by atoms with E-state index in [0.29, 0.717) is 5.92 Å². The first kappa shape index (κ1) is 11.7. The molecule has 98 valence electrons. The number of nitrogens with one attached hydrogen (secondary N) is 1.